The number of likely N-dealkylation sites (tertiary alicyclic amines) is 1. The molecular weight excluding hydrogens is 316 g/mol. The van der Waals surface area contributed by atoms with Gasteiger partial charge in [0.15, 0.2) is 0 Å². The Morgan fingerprint density at radius 2 is 1.96 bits per heavy atom. The summed E-state index contributed by atoms with van der Waals surface area (Å²) in [4.78, 5) is 34.8. The van der Waals surface area contributed by atoms with Gasteiger partial charge in [-0.2, -0.15) is 0 Å². The summed E-state index contributed by atoms with van der Waals surface area (Å²) in [5.41, 5.74) is 1.25. The molecule has 25 heavy (non-hydrogen) atoms. The summed E-state index contributed by atoms with van der Waals surface area (Å²) >= 11 is 0. The summed E-state index contributed by atoms with van der Waals surface area (Å²) < 4.78 is 0. The molecule has 2 heterocycles. The van der Waals surface area contributed by atoms with Crippen molar-refractivity contribution in [2.24, 2.45) is 5.92 Å². The Bertz CT molecular complexity index is 661. The van der Waals surface area contributed by atoms with Gasteiger partial charge in [0.2, 0.25) is 5.91 Å². The van der Waals surface area contributed by atoms with Gasteiger partial charge in [0.1, 0.15) is 11.5 Å². The standard InChI is InChI=1S/C19H28N4O2/c1-13-21-16(18(25)20-12-15-5-4-6-15)11-17(22-13)19(3)7-9-23(10-8-19)14(2)24/h11,15H,4-10,12H2,1-3H3,(H,20,25). The van der Waals surface area contributed by atoms with Gasteiger partial charge < -0.3 is 10.2 Å². The smallest absolute Gasteiger partial charge is 0.270 e. The van der Waals surface area contributed by atoms with Crippen molar-refractivity contribution in [1.82, 2.24) is 20.2 Å². The maximum atomic E-state index is 12.5. The van der Waals surface area contributed by atoms with Gasteiger partial charge in [0.25, 0.3) is 5.91 Å². The van der Waals surface area contributed by atoms with Crippen LogP contribution in [0.15, 0.2) is 6.07 Å². The van der Waals surface area contributed by atoms with E-state index in [9.17, 15) is 9.59 Å². The molecule has 1 saturated heterocycles. The maximum absolute atomic E-state index is 12.5. The van der Waals surface area contributed by atoms with Crippen molar-refractivity contribution in [2.75, 3.05) is 19.6 Å². The molecule has 0 aromatic carbocycles. The fourth-order valence-electron chi connectivity index (χ4n) is 3.59. The highest BCUT2D eigenvalue weighted by Gasteiger charge is 2.34. The van der Waals surface area contributed by atoms with E-state index >= 15 is 0 Å². The van der Waals surface area contributed by atoms with Crippen molar-refractivity contribution in [3.63, 3.8) is 0 Å². The lowest BCUT2D eigenvalue weighted by molar-refractivity contribution is -0.130. The molecule has 1 aliphatic carbocycles. The Labute approximate surface area is 149 Å². The zero-order valence-electron chi connectivity index (χ0n) is 15.5. The third-order valence-electron chi connectivity index (χ3n) is 5.78. The molecule has 0 radical (unpaired) electrons. The minimum absolute atomic E-state index is 0.108. The van der Waals surface area contributed by atoms with Gasteiger partial charge in [0, 0.05) is 32.0 Å². The first kappa shape index (κ1) is 17.8. The van der Waals surface area contributed by atoms with Crippen LogP contribution in [0.5, 0.6) is 0 Å². The number of carbonyl (C=O) groups excluding carboxylic acids is 2. The number of hydrogen-bond acceptors (Lipinski definition) is 4. The van der Waals surface area contributed by atoms with E-state index in [-0.39, 0.29) is 17.2 Å². The van der Waals surface area contributed by atoms with Gasteiger partial charge in [-0.25, -0.2) is 9.97 Å². The van der Waals surface area contributed by atoms with Crippen LogP contribution in [0.2, 0.25) is 0 Å². The average Bonchev–Trinajstić information content (AvgIpc) is 2.53. The first-order valence-electron chi connectivity index (χ1n) is 9.27. The maximum Gasteiger partial charge on any atom is 0.270 e. The molecule has 1 N–H and O–H groups in total. The van der Waals surface area contributed by atoms with Gasteiger partial charge in [0.05, 0.1) is 5.69 Å². The number of piperidine rings is 1. The van der Waals surface area contributed by atoms with E-state index in [1.165, 1.54) is 19.3 Å². The van der Waals surface area contributed by atoms with E-state index in [0.717, 1.165) is 38.2 Å². The lowest BCUT2D eigenvalue weighted by Gasteiger charge is -2.38. The highest BCUT2D eigenvalue weighted by molar-refractivity contribution is 5.92. The second-order valence-corrected chi connectivity index (χ2v) is 7.76. The number of amides is 2. The Morgan fingerprint density at radius 3 is 2.52 bits per heavy atom. The topological polar surface area (TPSA) is 75.2 Å². The van der Waals surface area contributed by atoms with E-state index in [4.69, 9.17) is 0 Å². The molecule has 1 aliphatic heterocycles. The molecule has 1 aromatic rings. The molecule has 6 nitrogen and oxygen atoms in total. The second kappa shape index (κ2) is 7.10. The summed E-state index contributed by atoms with van der Waals surface area (Å²) in [5, 5.41) is 3.01. The zero-order chi connectivity index (χ0) is 18.0. The molecule has 3 rings (SSSR count). The summed E-state index contributed by atoms with van der Waals surface area (Å²) in [6, 6.07) is 1.84. The molecule has 2 aliphatic rings. The highest BCUT2D eigenvalue weighted by Crippen LogP contribution is 2.34. The third-order valence-corrected chi connectivity index (χ3v) is 5.78. The van der Waals surface area contributed by atoms with E-state index in [1.807, 2.05) is 17.9 Å². The van der Waals surface area contributed by atoms with Crippen molar-refractivity contribution < 1.29 is 9.59 Å². The highest BCUT2D eigenvalue weighted by atomic mass is 16.2. The lowest BCUT2D eigenvalue weighted by atomic mass is 9.77. The van der Waals surface area contributed by atoms with Gasteiger partial charge in [-0.3, -0.25) is 9.59 Å². The molecule has 2 amide bonds. The molecule has 0 bridgehead atoms. The fourth-order valence-corrected chi connectivity index (χ4v) is 3.59. The number of aryl methyl sites for hydroxylation is 1. The van der Waals surface area contributed by atoms with Crippen LogP contribution in [0.1, 0.15) is 68.0 Å². The number of carbonyl (C=O) groups is 2. The summed E-state index contributed by atoms with van der Waals surface area (Å²) in [7, 11) is 0. The van der Waals surface area contributed by atoms with Crippen molar-refractivity contribution in [1.29, 1.82) is 0 Å². The number of aromatic nitrogens is 2. The quantitative estimate of drug-likeness (QED) is 0.909. The first-order valence-corrected chi connectivity index (χ1v) is 9.27. The molecule has 0 unspecified atom stereocenters. The van der Waals surface area contributed by atoms with Crippen molar-refractivity contribution >= 4 is 11.8 Å². The normalized spacial score (nSPS) is 20.0. The molecular formula is C19H28N4O2. The molecule has 1 saturated carbocycles. The largest absolute Gasteiger partial charge is 0.350 e. The van der Waals surface area contributed by atoms with Crippen molar-refractivity contribution in [3.8, 4) is 0 Å². The van der Waals surface area contributed by atoms with E-state index in [1.54, 1.807) is 6.92 Å². The minimum Gasteiger partial charge on any atom is -0.350 e. The summed E-state index contributed by atoms with van der Waals surface area (Å²) in [5.74, 6) is 1.27. The Morgan fingerprint density at radius 1 is 1.28 bits per heavy atom. The van der Waals surface area contributed by atoms with E-state index in [2.05, 4.69) is 22.2 Å². The molecule has 0 atom stereocenters. The van der Waals surface area contributed by atoms with Crippen LogP contribution in [0.4, 0.5) is 0 Å². The van der Waals surface area contributed by atoms with Crippen molar-refractivity contribution in [2.45, 2.75) is 58.3 Å². The van der Waals surface area contributed by atoms with Crippen LogP contribution in [0, 0.1) is 12.8 Å². The molecule has 6 heteroatoms. The van der Waals surface area contributed by atoms with Crippen LogP contribution in [0.3, 0.4) is 0 Å². The van der Waals surface area contributed by atoms with Gasteiger partial charge in [-0.1, -0.05) is 13.3 Å². The van der Waals surface area contributed by atoms with Crippen LogP contribution in [-0.4, -0.2) is 46.3 Å². The number of hydrogen-bond donors (Lipinski definition) is 1. The number of nitrogens with one attached hydrogen (secondary N) is 1. The zero-order valence-corrected chi connectivity index (χ0v) is 15.5. The summed E-state index contributed by atoms with van der Waals surface area (Å²) in [6.07, 6.45) is 5.39. The van der Waals surface area contributed by atoms with Gasteiger partial charge in [-0.15, -0.1) is 0 Å². The molecule has 2 fully saturated rings. The average molecular weight is 344 g/mol. The predicted molar refractivity (Wildman–Crippen MR) is 95.3 cm³/mol. The fraction of sp³-hybridized carbons (Fsp3) is 0.684. The SMILES string of the molecule is CC(=O)N1CCC(C)(c2cc(C(=O)NCC3CCC3)nc(C)n2)CC1. The summed E-state index contributed by atoms with van der Waals surface area (Å²) in [6.45, 7) is 7.82. The lowest BCUT2D eigenvalue weighted by Crippen LogP contribution is -2.43. The Kier molecular flexibility index (Phi) is 5.06. The van der Waals surface area contributed by atoms with Crippen LogP contribution < -0.4 is 5.32 Å². The van der Waals surface area contributed by atoms with Gasteiger partial charge >= 0.3 is 0 Å². The van der Waals surface area contributed by atoms with Crippen LogP contribution >= 0.6 is 0 Å². The monoisotopic (exact) mass is 344 g/mol. The van der Waals surface area contributed by atoms with Crippen LogP contribution in [-0.2, 0) is 10.2 Å². The Balaban J connectivity index is 1.72. The van der Waals surface area contributed by atoms with Gasteiger partial charge in [-0.05, 0) is 44.6 Å². The van der Waals surface area contributed by atoms with Crippen LogP contribution in [0.25, 0.3) is 0 Å². The number of rotatable bonds is 4. The molecule has 136 valence electrons. The molecule has 0 spiro atoms. The van der Waals surface area contributed by atoms with Crippen molar-refractivity contribution in [3.05, 3.63) is 23.3 Å². The van der Waals surface area contributed by atoms with E-state index in [0.29, 0.717) is 17.4 Å². The Hall–Kier alpha value is -1.98. The minimum atomic E-state index is -0.122. The third kappa shape index (κ3) is 3.99. The molecule has 1 aromatic heterocycles. The van der Waals surface area contributed by atoms with E-state index < -0.39 is 0 Å². The second-order valence-electron chi connectivity index (χ2n) is 7.76. The number of nitrogens with zero attached hydrogens (tertiary/aromatic N) is 3. The first-order chi connectivity index (χ1) is 11.9. The predicted octanol–water partition coefficient (Wildman–Crippen LogP) is 2.21.